The van der Waals surface area contributed by atoms with Gasteiger partial charge in [0.05, 0.1) is 26.2 Å². The van der Waals surface area contributed by atoms with E-state index in [2.05, 4.69) is 21.3 Å². The Bertz CT molecular complexity index is 3810. The van der Waals surface area contributed by atoms with Crippen LogP contribution in [0, 0.1) is 10.8 Å². The van der Waals surface area contributed by atoms with Gasteiger partial charge in [0.2, 0.25) is 23.6 Å². The molecule has 6 saturated heterocycles. The number of rotatable bonds is 6. The van der Waals surface area contributed by atoms with Crippen molar-refractivity contribution in [2.75, 3.05) is 0 Å². The number of urea groups is 4. The molecule has 0 saturated carbocycles. The molecule has 3 aliphatic carbocycles. The Hall–Kier alpha value is -10.4. The van der Waals surface area contributed by atoms with Gasteiger partial charge >= 0.3 is 24.1 Å². The molecule has 6 aromatic rings. The zero-order valence-corrected chi connectivity index (χ0v) is 45.7. The molecule has 22 nitrogen and oxygen atoms in total. The average Bonchev–Trinajstić information content (AvgIpc) is 1.52. The van der Waals surface area contributed by atoms with Gasteiger partial charge in [0, 0.05) is 78.8 Å². The van der Waals surface area contributed by atoms with Gasteiger partial charge in [-0.25, -0.2) is 19.2 Å². The van der Waals surface area contributed by atoms with Crippen molar-refractivity contribution in [3.05, 3.63) is 200 Å². The number of carbonyl (C=O) groups is 8. The molecule has 86 heavy (non-hydrogen) atoms. The van der Waals surface area contributed by atoms with E-state index in [4.69, 9.17) is 0 Å². The van der Waals surface area contributed by atoms with Crippen molar-refractivity contribution < 1.29 is 58.8 Å². The van der Waals surface area contributed by atoms with Gasteiger partial charge in [0.15, 0.2) is 33.5 Å². The molecular weight excluding hydrogens is 1100 g/mol. The third kappa shape index (κ3) is 5.34. The highest BCUT2D eigenvalue weighted by atomic mass is 16.3. The largest absolute Gasteiger partial charge is 0.507 e. The van der Waals surface area contributed by atoms with Gasteiger partial charge in [-0.2, -0.15) is 0 Å². The highest BCUT2D eigenvalue weighted by Gasteiger charge is 2.83. The van der Waals surface area contributed by atoms with E-state index in [9.17, 15) is 39.6 Å². The van der Waals surface area contributed by atoms with Crippen molar-refractivity contribution in [1.29, 1.82) is 0 Å². The third-order valence-electron chi connectivity index (χ3n) is 21.1. The first-order chi connectivity index (χ1) is 41.5. The fourth-order valence-corrected chi connectivity index (χ4v) is 17.5. The lowest BCUT2D eigenvalue weighted by Gasteiger charge is -2.45. The van der Waals surface area contributed by atoms with E-state index in [0.29, 0.717) is 22.3 Å². The Balaban J connectivity index is 0.694. The molecule has 6 aromatic carbocycles. The molecule has 0 unspecified atom stereocenters. The molecule has 6 fully saturated rings. The minimum Gasteiger partial charge on any atom is -0.507 e. The number of amides is 12. The highest BCUT2D eigenvalue weighted by Crippen LogP contribution is 2.65. The molecule has 11 aliphatic rings. The summed E-state index contributed by atoms with van der Waals surface area (Å²) >= 11 is 0. The van der Waals surface area contributed by atoms with Crippen molar-refractivity contribution in [2.24, 2.45) is 10.8 Å². The molecule has 22 heteroatoms. The number of nitrogens with zero attached hydrogens (tertiary/aromatic N) is 6. The summed E-state index contributed by atoms with van der Waals surface area (Å²) in [5.74, 6) is -4.84. The van der Waals surface area contributed by atoms with Crippen molar-refractivity contribution in [3.63, 3.8) is 0 Å². The number of allylic oxidation sites excluding steroid dienone is 2. The Labute approximate surface area is 488 Å². The third-order valence-corrected chi connectivity index (χ3v) is 21.1. The summed E-state index contributed by atoms with van der Waals surface area (Å²) in [6, 6.07) is 31.6. The lowest BCUT2D eigenvalue weighted by atomic mass is 9.60. The predicted octanol–water partition coefficient (Wildman–Crippen LogP) is 4.74. The van der Waals surface area contributed by atoms with E-state index in [1.54, 1.807) is 84.9 Å². The summed E-state index contributed by atoms with van der Waals surface area (Å²) in [6.07, 6.45) is 1.89. The normalized spacial score (nSPS) is 29.9. The Morgan fingerprint density at radius 2 is 0.581 bits per heavy atom. The van der Waals surface area contributed by atoms with Crippen LogP contribution in [-0.4, -0.2) is 110 Å². The lowest BCUT2D eigenvalue weighted by molar-refractivity contribution is -0.153. The van der Waals surface area contributed by atoms with E-state index >= 15 is 19.2 Å². The molecule has 0 radical (unpaired) electrons. The van der Waals surface area contributed by atoms with E-state index in [-0.39, 0.29) is 132 Å². The second-order valence-electron chi connectivity index (χ2n) is 24.4. The Morgan fingerprint density at radius 3 is 0.837 bits per heavy atom. The van der Waals surface area contributed by atoms with Crippen LogP contribution in [0.2, 0.25) is 0 Å². The second kappa shape index (κ2) is 16.3. The number of fused-ring (bicyclic) bond motifs is 4. The molecular formula is C64H52N10O12. The molecule has 0 atom stereocenters. The topological polar surface area (TPSA) is 285 Å². The molecule has 8 aliphatic heterocycles. The molecule has 12 amide bonds. The van der Waals surface area contributed by atoms with Crippen LogP contribution in [0.15, 0.2) is 133 Å². The van der Waals surface area contributed by atoms with Crippen molar-refractivity contribution in [2.45, 2.75) is 99.4 Å². The fraction of sp³-hybridized carbons (Fsp3) is 0.281. The number of phenolic OH excluding ortho intramolecular Hbond substituents is 4. The number of aromatic hydroxyl groups is 4. The fourth-order valence-electron chi connectivity index (χ4n) is 17.5. The number of benzene rings is 6. The van der Waals surface area contributed by atoms with Gasteiger partial charge in [0.25, 0.3) is 0 Å². The molecule has 17 rings (SSSR count). The van der Waals surface area contributed by atoms with Crippen LogP contribution >= 0.6 is 0 Å². The zero-order valence-electron chi connectivity index (χ0n) is 45.7. The maximum absolute atomic E-state index is 15.5. The van der Waals surface area contributed by atoms with E-state index in [0.717, 1.165) is 9.80 Å². The molecule has 0 bridgehead atoms. The van der Waals surface area contributed by atoms with Crippen LogP contribution in [-0.2, 0) is 93.7 Å². The maximum atomic E-state index is 15.5. The summed E-state index contributed by atoms with van der Waals surface area (Å²) in [6.45, 7) is -1.15. The highest BCUT2D eigenvalue weighted by molar-refractivity contribution is 6.34. The van der Waals surface area contributed by atoms with Crippen LogP contribution < -0.4 is 21.3 Å². The van der Waals surface area contributed by atoms with Crippen LogP contribution in [0.25, 0.3) is 0 Å². The van der Waals surface area contributed by atoms with Crippen molar-refractivity contribution in [1.82, 2.24) is 50.7 Å². The first-order valence-corrected chi connectivity index (χ1v) is 28.7. The summed E-state index contributed by atoms with van der Waals surface area (Å²) in [5.41, 5.74) is -6.89. The van der Waals surface area contributed by atoms with Crippen molar-refractivity contribution in [3.8, 4) is 23.0 Å². The van der Waals surface area contributed by atoms with Crippen LogP contribution in [0.1, 0.15) is 79.6 Å². The number of imide groups is 2. The number of hydrogen-bond donors (Lipinski definition) is 8. The molecule has 430 valence electrons. The van der Waals surface area contributed by atoms with Crippen LogP contribution in [0.3, 0.4) is 0 Å². The summed E-state index contributed by atoms with van der Waals surface area (Å²) in [4.78, 5) is 128. The number of hydrogen-bond acceptors (Lipinski definition) is 12. The number of phenols is 4. The summed E-state index contributed by atoms with van der Waals surface area (Å²) in [7, 11) is 0. The quantitative estimate of drug-likeness (QED) is 0.0486. The molecule has 0 spiro atoms. The van der Waals surface area contributed by atoms with E-state index in [1.165, 1.54) is 19.6 Å². The monoisotopic (exact) mass is 1150 g/mol. The Morgan fingerprint density at radius 1 is 0.337 bits per heavy atom. The van der Waals surface area contributed by atoms with Crippen LogP contribution in [0.4, 0.5) is 19.2 Å². The second-order valence-corrected chi connectivity index (χ2v) is 24.4. The van der Waals surface area contributed by atoms with Crippen LogP contribution in [0.5, 0.6) is 23.0 Å². The predicted molar refractivity (Wildman–Crippen MR) is 298 cm³/mol. The number of nitrogens with one attached hydrogen (secondary N) is 4. The zero-order chi connectivity index (χ0) is 58.9. The van der Waals surface area contributed by atoms with Gasteiger partial charge in [-0.3, -0.25) is 48.6 Å². The first kappa shape index (κ1) is 50.2. The number of likely N-dealkylation sites (tertiary alicyclic amines) is 2. The Kier molecular flexibility index (Phi) is 9.49. The first-order valence-electron chi connectivity index (χ1n) is 28.7. The van der Waals surface area contributed by atoms with Gasteiger partial charge in [-0.15, -0.1) is 0 Å². The van der Waals surface area contributed by atoms with Gasteiger partial charge in [-0.1, -0.05) is 133 Å². The van der Waals surface area contributed by atoms with Crippen molar-refractivity contribution >= 4 is 47.8 Å². The molecule has 8 heterocycles. The summed E-state index contributed by atoms with van der Waals surface area (Å²) < 4.78 is 0. The smallest absolute Gasteiger partial charge is 0.322 e. The van der Waals surface area contributed by atoms with E-state index in [1.807, 2.05) is 48.5 Å². The molecule has 0 aromatic heterocycles. The van der Waals surface area contributed by atoms with Gasteiger partial charge in [0.1, 0.15) is 23.0 Å². The minimum absolute atomic E-state index is 0.157. The van der Waals surface area contributed by atoms with E-state index < -0.39 is 93.3 Å². The average molecular weight is 1150 g/mol. The van der Waals surface area contributed by atoms with Gasteiger partial charge < -0.3 is 41.7 Å². The lowest BCUT2D eigenvalue weighted by Crippen LogP contribution is -2.61. The number of carbonyl (C=O) groups excluding carboxylic acids is 8. The minimum atomic E-state index is -2.22. The van der Waals surface area contributed by atoms with Gasteiger partial charge in [-0.05, 0) is 38.5 Å². The SMILES string of the molecule is O=C1NC2(c3ccccc3)NC(=O)N3Cc4c(O)c5c(c(O)c4CN1C32c1ccccc1)CC(N1C(=O)C23CC=CCC2(C1=O)C(=O)N(C1Cc2c(O)c4c(c(O)c2C1)CN1C(=O)NC2(c6ccccc6)NC(=O)N(C4)C12c1ccccc1)C3=O)C5. The standard InChI is InChI=1S/C64H52N10O12/c75-47-39-25-37(26-40(39)48(76)44-30-70-56(84)66-61(33-15-5-1-6-16-33)63(70,35-19-9-3-10-20-35)69(29-43(44)47)55(83)65-61)73-51(79)59-23-13-14-24-60(59,52(73)80)54(82)74(53(59)81)38-27-41-42(28-38)50(78)46-32-72-58(86)68-62(34-17-7-2-8-18-34)64(72,36-21-11-4-12-22-36)71(57(85)67-62)31-45(46)49(41)77/h1-22,37-38,75-78H,23-32H2,(H,65,83)(H,66,84)(H,67,85)(H,68,86). The maximum Gasteiger partial charge on any atom is 0.322 e. The molecule has 8 N–H and O–H groups in total. The summed E-state index contributed by atoms with van der Waals surface area (Å²) in [5, 5.41) is 62.3.